The third kappa shape index (κ3) is 1.63. The van der Waals surface area contributed by atoms with E-state index >= 15 is 0 Å². The maximum atomic E-state index is 13.1. The van der Waals surface area contributed by atoms with Crippen LogP contribution in [0.1, 0.15) is 0 Å². The highest BCUT2D eigenvalue weighted by atomic mass is 19.1. The second-order valence-electron chi connectivity index (χ2n) is 2.96. The van der Waals surface area contributed by atoms with E-state index in [1.54, 1.807) is 0 Å². The van der Waals surface area contributed by atoms with Gasteiger partial charge in [0.05, 0.1) is 12.7 Å². The van der Waals surface area contributed by atoms with Gasteiger partial charge in [0.1, 0.15) is 17.8 Å². The van der Waals surface area contributed by atoms with Gasteiger partial charge in [0.15, 0.2) is 5.82 Å². The molecule has 0 aliphatic carbocycles. The largest absolute Gasteiger partial charge is 0.496 e. The first-order valence-corrected chi connectivity index (χ1v) is 4.26. The van der Waals surface area contributed by atoms with Crippen LogP contribution in [0.3, 0.4) is 0 Å². The smallest absolute Gasteiger partial charge is 0.174 e. The first-order valence-electron chi connectivity index (χ1n) is 4.26. The summed E-state index contributed by atoms with van der Waals surface area (Å²) in [4.78, 5) is 0. The minimum Gasteiger partial charge on any atom is -0.496 e. The molecule has 15 heavy (non-hydrogen) atoms. The Morgan fingerprint density at radius 3 is 2.80 bits per heavy atom. The SMILES string of the molecule is COc1ccc(F)cc1-c1conc1N. The average molecular weight is 208 g/mol. The molecule has 1 aromatic carbocycles. The van der Waals surface area contributed by atoms with E-state index in [1.807, 2.05) is 0 Å². The fourth-order valence-corrected chi connectivity index (χ4v) is 1.34. The highest BCUT2D eigenvalue weighted by Gasteiger charge is 2.12. The van der Waals surface area contributed by atoms with E-state index in [0.717, 1.165) is 0 Å². The Bertz CT molecular complexity index is 482. The van der Waals surface area contributed by atoms with Crippen LogP contribution in [0.15, 0.2) is 29.0 Å². The Kier molecular flexibility index (Phi) is 2.29. The van der Waals surface area contributed by atoms with E-state index in [0.29, 0.717) is 16.9 Å². The number of nitrogens with two attached hydrogens (primary N) is 1. The summed E-state index contributed by atoms with van der Waals surface area (Å²) >= 11 is 0. The number of methoxy groups -OCH3 is 1. The number of nitrogen functional groups attached to an aromatic ring is 1. The molecule has 5 heteroatoms. The van der Waals surface area contributed by atoms with Crippen molar-refractivity contribution in [1.82, 2.24) is 5.16 Å². The van der Waals surface area contributed by atoms with Crippen LogP contribution in [0.5, 0.6) is 5.75 Å². The number of benzene rings is 1. The summed E-state index contributed by atoms with van der Waals surface area (Å²) in [5.41, 5.74) is 6.61. The average Bonchev–Trinajstić information content (AvgIpc) is 2.64. The summed E-state index contributed by atoms with van der Waals surface area (Å²) in [5, 5.41) is 3.52. The molecule has 0 aliphatic heterocycles. The third-order valence-electron chi connectivity index (χ3n) is 2.05. The van der Waals surface area contributed by atoms with Gasteiger partial charge in [0.2, 0.25) is 0 Å². The lowest BCUT2D eigenvalue weighted by Gasteiger charge is -2.06. The van der Waals surface area contributed by atoms with Crippen LogP contribution in [0, 0.1) is 5.82 Å². The van der Waals surface area contributed by atoms with Gasteiger partial charge in [-0.1, -0.05) is 5.16 Å². The molecular weight excluding hydrogens is 199 g/mol. The van der Waals surface area contributed by atoms with Crippen LogP contribution in [0.25, 0.3) is 11.1 Å². The molecule has 0 bridgehead atoms. The molecule has 2 N–H and O–H groups in total. The molecule has 0 atom stereocenters. The molecule has 2 rings (SSSR count). The molecule has 0 amide bonds. The van der Waals surface area contributed by atoms with Crippen molar-refractivity contribution in [2.75, 3.05) is 12.8 Å². The highest BCUT2D eigenvalue weighted by Crippen LogP contribution is 2.33. The van der Waals surface area contributed by atoms with Gasteiger partial charge in [-0.2, -0.15) is 0 Å². The second kappa shape index (κ2) is 3.61. The lowest BCUT2D eigenvalue weighted by atomic mass is 10.1. The van der Waals surface area contributed by atoms with Crippen LogP contribution in [0.4, 0.5) is 10.2 Å². The molecular formula is C10H9FN2O2. The minimum atomic E-state index is -0.369. The number of aromatic nitrogens is 1. The zero-order valence-corrected chi connectivity index (χ0v) is 8.03. The molecule has 78 valence electrons. The topological polar surface area (TPSA) is 61.3 Å². The number of nitrogens with zero attached hydrogens (tertiary/aromatic N) is 1. The fourth-order valence-electron chi connectivity index (χ4n) is 1.34. The Hall–Kier alpha value is -2.04. The van der Waals surface area contributed by atoms with Crippen molar-refractivity contribution < 1.29 is 13.7 Å². The molecule has 1 heterocycles. The van der Waals surface area contributed by atoms with Crippen LogP contribution in [-0.2, 0) is 0 Å². The van der Waals surface area contributed by atoms with Gasteiger partial charge in [-0.3, -0.25) is 0 Å². The van der Waals surface area contributed by atoms with Crippen molar-refractivity contribution in [3.05, 3.63) is 30.3 Å². The molecule has 0 aliphatic rings. The highest BCUT2D eigenvalue weighted by molar-refractivity contribution is 5.77. The molecule has 0 fully saturated rings. The van der Waals surface area contributed by atoms with Crippen LogP contribution in [-0.4, -0.2) is 12.3 Å². The Morgan fingerprint density at radius 2 is 2.20 bits per heavy atom. The molecule has 1 aromatic heterocycles. The van der Waals surface area contributed by atoms with E-state index in [2.05, 4.69) is 9.68 Å². The van der Waals surface area contributed by atoms with E-state index in [4.69, 9.17) is 10.5 Å². The van der Waals surface area contributed by atoms with Gasteiger partial charge in [-0.05, 0) is 18.2 Å². The maximum Gasteiger partial charge on any atom is 0.174 e. The lowest BCUT2D eigenvalue weighted by Crippen LogP contribution is -1.92. The van der Waals surface area contributed by atoms with Crippen LogP contribution >= 0.6 is 0 Å². The van der Waals surface area contributed by atoms with Crippen LogP contribution in [0.2, 0.25) is 0 Å². The number of hydrogen-bond acceptors (Lipinski definition) is 4. The van der Waals surface area contributed by atoms with Gasteiger partial charge in [0, 0.05) is 5.56 Å². The molecule has 0 saturated heterocycles. The molecule has 0 radical (unpaired) electrons. The zero-order chi connectivity index (χ0) is 10.8. The van der Waals surface area contributed by atoms with Crippen molar-refractivity contribution in [3.63, 3.8) is 0 Å². The Morgan fingerprint density at radius 1 is 1.40 bits per heavy atom. The summed E-state index contributed by atoms with van der Waals surface area (Å²) < 4.78 is 22.8. The molecule has 0 saturated carbocycles. The Balaban J connectivity index is 2.60. The minimum absolute atomic E-state index is 0.207. The first kappa shape index (κ1) is 9.51. The van der Waals surface area contributed by atoms with Crippen molar-refractivity contribution >= 4 is 5.82 Å². The zero-order valence-electron chi connectivity index (χ0n) is 8.03. The maximum absolute atomic E-state index is 13.1. The quantitative estimate of drug-likeness (QED) is 0.820. The fraction of sp³-hybridized carbons (Fsp3) is 0.100. The predicted octanol–water partition coefficient (Wildman–Crippen LogP) is 2.07. The monoisotopic (exact) mass is 208 g/mol. The molecule has 4 nitrogen and oxygen atoms in total. The summed E-state index contributed by atoms with van der Waals surface area (Å²) in [6, 6.07) is 4.16. The standard InChI is InChI=1S/C10H9FN2O2/c1-14-9-3-2-6(11)4-7(9)8-5-15-13-10(8)12/h2-5H,1H3,(H2,12,13). The van der Waals surface area contributed by atoms with Gasteiger partial charge in [-0.15, -0.1) is 0 Å². The van der Waals surface area contributed by atoms with Gasteiger partial charge in [-0.25, -0.2) is 4.39 Å². The normalized spacial score (nSPS) is 10.3. The van der Waals surface area contributed by atoms with Crippen molar-refractivity contribution in [2.24, 2.45) is 0 Å². The van der Waals surface area contributed by atoms with Gasteiger partial charge >= 0.3 is 0 Å². The molecule has 2 aromatic rings. The Labute approximate surface area is 85.4 Å². The van der Waals surface area contributed by atoms with Crippen molar-refractivity contribution in [3.8, 4) is 16.9 Å². The number of halogens is 1. The number of rotatable bonds is 2. The first-order chi connectivity index (χ1) is 7.22. The van der Waals surface area contributed by atoms with Gasteiger partial charge < -0.3 is 15.0 Å². The van der Waals surface area contributed by atoms with E-state index in [9.17, 15) is 4.39 Å². The number of ether oxygens (including phenoxy) is 1. The van der Waals surface area contributed by atoms with Crippen molar-refractivity contribution in [2.45, 2.75) is 0 Å². The molecule has 0 spiro atoms. The summed E-state index contributed by atoms with van der Waals surface area (Å²) in [7, 11) is 1.50. The predicted molar refractivity (Wildman–Crippen MR) is 52.9 cm³/mol. The number of anilines is 1. The number of hydrogen-bond donors (Lipinski definition) is 1. The summed E-state index contributed by atoms with van der Waals surface area (Å²) in [6.45, 7) is 0. The molecule has 0 unspecified atom stereocenters. The second-order valence-corrected chi connectivity index (χ2v) is 2.96. The van der Waals surface area contributed by atoms with E-state index in [-0.39, 0.29) is 11.6 Å². The van der Waals surface area contributed by atoms with Gasteiger partial charge in [0.25, 0.3) is 0 Å². The summed E-state index contributed by atoms with van der Waals surface area (Å²) in [6.07, 6.45) is 1.35. The third-order valence-corrected chi connectivity index (χ3v) is 2.05. The van der Waals surface area contributed by atoms with Crippen LogP contribution < -0.4 is 10.5 Å². The lowest BCUT2D eigenvalue weighted by molar-refractivity contribution is 0.414. The van der Waals surface area contributed by atoms with Crippen molar-refractivity contribution in [1.29, 1.82) is 0 Å². The van der Waals surface area contributed by atoms with E-state index in [1.165, 1.54) is 31.6 Å². The van der Waals surface area contributed by atoms with E-state index < -0.39 is 0 Å². The summed E-state index contributed by atoms with van der Waals surface area (Å²) in [5.74, 6) is 0.358.